The number of rotatable bonds is 6. The van der Waals surface area contributed by atoms with Gasteiger partial charge in [-0.05, 0) is 50.8 Å². The molecule has 2 rings (SSSR count). The van der Waals surface area contributed by atoms with Gasteiger partial charge in [0, 0.05) is 13.0 Å². The highest BCUT2D eigenvalue weighted by molar-refractivity contribution is 7.89. The summed E-state index contributed by atoms with van der Waals surface area (Å²) >= 11 is 0. The summed E-state index contributed by atoms with van der Waals surface area (Å²) in [6.07, 6.45) is 1.57. The molecule has 106 valence electrons. The van der Waals surface area contributed by atoms with E-state index < -0.39 is 10.0 Å². The minimum absolute atomic E-state index is 0.321. The Balaban J connectivity index is 1.99. The third-order valence-electron chi connectivity index (χ3n) is 3.05. The first-order valence-corrected chi connectivity index (χ1v) is 7.87. The Morgan fingerprint density at radius 2 is 2.16 bits per heavy atom. The summed E-state index contributed by atoms with van der Waals surface area (Å²) in [6.45, 7) is 1.95. The van der Waals surface area contributed by atoms with Crippen molar-refractivity contribution in [1.29, 1.82) is 0 Å². The standard InChI is InChI=1S/C13H20N2O3S/c1-15(2)8-3-7-14-19(16,17)12-4-5-13-11(10-12)6-9-18-13/h4-5,10,14H,3,6-9H2,1-2H3. The van der Waals surface area contributed by atoms with Crippen molar-refractivity contribution in [3.05, 3.63) is 23.8 Å². The number of ether oxygens (including phenoxy) is 1. The lowest BCUT2D eigenvalue weighted by molar-refractivity contribution is 0.356. The van der Waals surface area contributed by atoms with E-state index in [2.05, 4.69) is 4.72 Å². The van der Waals surface area contributed by atoms with Crippen molar-refractivity contribution in [1.82, 2.24) is 9.62 Å². The van der Waals surface area contributed by atoms with E-state index in [1.54, 1.807) is 18.2 Å². The second-order valence-corrected chi connectivity index (χ2v) is 6.69. The van der Waals surface area contributed by atoms with Crippen LogP contribution in [-0.4, -0.2) is 47.1 Å². The summed E-state index contributed by atoms with van der Waals surface area (Å²) in [7, 11) is 0.531. The first-order chi connectivity index (χ1) is 8.99. The molecule has 1 aliphatic rings. The molecule has 1 aliphatic heterocycles. The Kier molecular flexibility index (Phi) is 4.44. The predicted octanol–water partition coefficient (Wildman–Crippen LogP) is 0.851. The van der Waals surface area contributed by atoms with Gasteiger partial charge in [0.2, 0.25) is 10.0 Å². The maximum Gasteiger partial charge on any atom is 0.240 e. The average Bonchev–Trinajstić information content (AvgIpc) is 2.81. The van der Waals surface area contributed by atoms with Gasteiger partial charge in [0.1, 0.15) is 5.75 Å². The van der Waals surface area contributed by atoms with E-state index >= 15 is 0 Å². The van der Waals surface area contributed by atoms with E-state index in [9.17, 15) is 8.42 Å². The number of benzene rings is 1. The fourth-order valence-corrected chi connectivity index (χ4v) is 3.14. The van der Waals surface area contributed by atoms with Gasteiger partial charge < -0.3 is 9.64 Å². The molecular weight excluding hydrogens is 264 g/mol. The van der Waals surface area contributed by atoms with Crippen molar-refractivity contribution in [3.8, 4) is 5.75 Å². The van der Waals surface area contributed by atoms with E-state index in [1.807, 2.05) is 19.0 Å². The van der Waals surface area contributed by atoms with E-state index in [4.69, 9.17) is 4.74 Å². The Morgan fingerprint density at radius 1 is 1.37 bits per heavy atom. The summed E-state index contributed by atoms with van der Waals surface area (Å²) in [5, 5.41) is 0. The van der Waals surface area contributed by atoms with Crippen LogP contribution in [0.4, 0.5) is 0 Å². The first-order valence-electron chi connectivity index (χ1n) is 6.39. The molecule has 1 aromatic carbocycles. The van der Waals surface area contributed by atoms with Crippen LogP contribution in [0.2, 0.25) is 0 Å². The third-order valence-corrected chi connectivity index (χ3v) is 4.50. The summed E-state index contributed by atoms with van der Waals surface area (Å²) in [5.41, 5.74) is 0.969. The number of nitrogens with zero attached hydrogens (tertiary/aromatic N) is 1. The smallest absolute Gasteiger partial charge is 0.240 e. The van der Waals surface area contributed by atoms with Gasteiger partial charge in [-0.25, -0.2) is 13.1 Å². The molecule has 0 spiro atoms. The zero-order chi connectivity index (χ0) is 13.9. The molecule has 6 heteroatoms. The van der Waals surface area contributed by atoms with Gasteiger partial charge in [-0.2, -0.15) is 0 Å². The fraction of sp³-hybridized carbons (Fsp3) is 0.538. The van der Waals surface area contributed by atoms with Gasteiger partial charge in [-0.1, -0.05) is 0 Å². The largest absolute Gasteiger partial charge is 0.493 e. The summed E-state index contributed by atoms with van der Waals surface area (Å²) < 4.78 is 32.2. The molecule has 1 N–H and O–H groups in total. The first kappa shape index (κ1) is 14.3. The number of nitrogens with one attached hydrogen (secondary N) is 1. The monoisotopic (exact) mass is 284 g/mol. The van der Waals surface area contributed by atoms with Crippen LogP contribution in [0.25, 0.3) is 0 Å². The minimum Gasteiger partial charge on any atom is -0.493 e. The van der Waals surface area contributed by atoms with Gasteiger partial charge in [0.15, 0.2) is 0 Å². The maximum absolute atomic E-state index is 12.1. The molecule has 0 saturated carbocycles. The normalized spacial score (nSPS) is 14.5. The second kappa shape index (κ2) is 5.90. The average molecular weight is 284 g/mol. The Labute approximate surface area is 114 Å². The van der Waals surface area contributed by atoms with E-state index in [0.29, 0.717) is 18.0 Å². The van der Waals surface area contributed by atoms with Crippen molar-refractivity contribution < 1.29 is 13.2 Å². The molecule has 1 heterocycles. The van der Waals surface area contributed by atoms with Crippen molar-refractivity contribution in [2.75, 3.05) is 33.8 Å². The Morgan fingerprint density at radius 3 is 2.89 bits per heavy atom. The van der Waals surface area contributed by atoms with Crippen LogP contribution in [0, 0.1) is 0 Å². The minimum atomic E-state index is -3.40. The molecule has 0 aliphatic carbocycles. The molecule has 0 radical (unpaired) electrons. The van der Waals surface area contributed by atoms with Gasteiger partial charge >= 0.3 is 0 Å². The molecule has 0 aromatic heterocycles. The van der Waals surface area contributed by atoms with Crippen LogP contribution >= 0.6 is 0 Å². The highest BCUT2D eigenvalue weighted by atomic mass is 32.2. The highest BCUT2D eigenvalue weighted by Gasteiger charge is 2.18. The highest BCUT2D eigenvalue weighted by Crippen LogP contribution is 2.27. The third kappa shape index (κ3) is 3.68. The zero-order valence-electron chi connectivity index (χ0n) is 11.3. The van der Waals surface area contributed by atoms with Crippen molar-refractivity contribution in [2.45, 2.75) is 17.7 Å². The fourth-order valence-electron chi connectivity index (χ4n) is 2.02. The van der Waals surface area contributed by atoms with Crippen LogP contribution in [0.5, 0.6) is 5.75 Å². The molecule has 0 bridgehead atoms. The zero-order valence-corrected chi connectivity index (χ0v) is 12.2. The van der Waals surface area contributed by atoms with Gasteiger partial charge in [0.05, 0.1) is 11.5 Å². The van der Waals surface area contributed by atoms with Crippen LogP contribution in [-0.2, 0) is 16.4 Å². The summed E-state index contributed by atoms with van der Waals surface area (Å²) in [5.74, 6) is 0.798. The lowest BCUT2D eigenvalue weighted by Crippen LogP contribution is -2.27. The molecular formula is C13H20N2O3S. The SMILES string of the molecule is CN(C)CCCNS(=O)(=O)c1ccc2c(c1)CCO2. The van der Waals surface area contributed by atoms with Crippen LogP contribution < -0.4 is 9.46 Å². The van der Waals surface area contributed by atoms with Crippen LogP contribution in [0.1, 0.15) is 12.0 Å². The second-order valence-electron chi connectivity index (χ2n) is 4.92. The van der Waals surface area contributed by atoms with Crippen LogP contribution in [0.3, 0.4) is 0 Å². The van der Waals surface area contributed by atoms with Gasteiger partial charge in [0.25, 0.3) is 0 Å². The summed E-state index contributed by atoms with van der Waals surface area (Å²) in [6, 6.07) is 5.03. The molecule has 0 unspecified atom stereocenters. The molecule has 0 atom stereocenters. The number of fused-ring (bicyclic) bond motifs is 1. The van der Waals surface area contributed by atoms with Crippen LogP contribution in [0.15, 0.2) is 23.1 Å². The van der Waals surface area contributed by atoms with Crippen molar-refractivity contribution in [2.24, 2.45) is 0 Å². The Bertz CT molecular complexity index is 541. The summed E-state index contributed by atoms with van der Waals surface area (Å²) in [4.78, 5) is 2.35. The maximum atomic E-state index is 12.1. The lowest BCUT2D eigenvalue weighted by Gasteiger charge is -2.10. The van der Waals surface area contributed by atoms with E-state index in [-0.39, 0.29) is 0 Å². The number of sulfonamides is 1. The number of hydrogen-bond donors (Lipinski definition) is 1. The molecule has 5 nitrogen and oxygen atoms in total. The topological polar surface area (TPSA) is 58.6 Å². The predicted molar refractivity (Wildman–Crippen MR) is 74.0 cm³/mol. The molecule has 19 heavy (non-hydrogen) atoms. The van der Waals surface area contributed by atoms with Crippen molar-refractivity contribution >= 4 is 10.0 Å². The Hall–Kier alpha value is -1.11. The lowest BCUT2D eigenvalue weighted by atomic mass is 10.2. The molecule has 0 fully saturated rings. The molecule has 0 saturated heterocycles. The van der Waals surface area contributed by atoms with E-state index in [0.717, 1.165) is 30.7 Å². The molecule has 1 aromatic rings. The quantitative estimate of drug-likeness (QED) is 0.787. The van der Waals surface area contributed by atoms with E-state index in [1.165, 1.54) is 0 Å². The van der Waals surface area contributed by atoms with Crippen molar-refractivity contribution in [3.63, 3.8) is 0 Å². The van der Waals surface area contributed by atoms with Gasteiger partial charge in [-0.15, -0.1) is 0 Å². The molecule has 0 amide bonds. The number of hydrogen-bond acceptors (Lipinski definition) is 4. The van der Waals surface area contributed by atoms with Gasteiger partial charge in [-0.3, -0.25) is 0 Å².